The molecule has 1 amide bonds. The first-order valence-corrected chi connectivity index (χ1v) is 7.94. The van der Waals surface area contributed by atoms with Crippen molar-refractivity contribution in [2.24, 2.45) is 0 Å². The van der Waals surface area contributed by atoms with Crippen molar-refractivity contribution in [2.45, 2.75) is 20.4 Å². The van der Waals surface area contributed by atoms with Crippen LogP contribution in [0.25, 0.3) is 0 Å². The molecule has 0 unspecified atom stereocenters. The van der Waals surface area contributed by atoms with Crippen LogP contribution in [0.4, 0.5) is 11.6 Å². The van der Waals surface area contributed by atoms with Gasteiger partial charge < -0.3 is 15.1 Å². The summed E-state index contributed by atoms with van der Waals surface area (Å²) in [4.78, 5) is 29.6. The maximum absolute atomic E-state index is 12.1. The second kappa shape index (κ2) is 6.91. The molecule has 9 heteroatoms. The van der Waals surface area contributed by atoms with E-state index in [4.69, 9.17) is 0 Å². The van der Waals surface area contributed by atoms with Crippen molar-refractivity contribution in [2.75, 3.05) is 43.4 Å². The van der Waals surface area contributed by atoms with Gasteiger partial charge in [-0.15, -0.1) is 0 Å². The summed E-state index contributed by atoms with van der Waals surface area (Å²) in [7, 11) is 2.11. The van der Waals surface area contributed by atoms with Crippen LogP contribution >= 0.6 is 0 Å². The van der Waals surface area contributed by atoms with E-state index in [1.807, 2.05) is 13.8 Å². The first-order valence-electron chi connectivity index (χ1n) is 7.94. The summed E-state index contributed by atoms with van der Waals surface area (Å²) in [5.74, 6) is 0.551. The second-order valence-corrected chi connectivity index (χ2v) is 6.00. The van der Waals surface area contributed by atoms with E-state index in [-0.39, 0.29) is 12.5 Å². The highest BCUT2D eigenvalue weighted by atomic mass is 16.2. The average Bonchev–Trinajstić information content (AvgIpc) is 3.04. The number of carbonyl (C=O) groups is 1. The van der Waals surface area contributed by atoms with Gasteiger partial charge in [-0.2, -0.15) is 5.10 Å². The van der Waals surface area contributed by atoms with Crippen molar-refractivity contribution in [1.29, 1.82) is 0 Å². The normalized spacial score (nSPS) is 15.5. The van der Waals surface area contributed by atoms with Crippen LogP contribution in [0.3, 0.4) is 0 Å². The number of amides is 1. The third-order valence-electron chi connectivity index (χ3n) is 4.08. The van der Waals surface area contributed by atoms with Gasteiger partial charge in [-0.05, 0) is 20.9 Å². The minimum absolute atomic E-state index is 0.110. The molecule has 0 saturated carbocycles. The number of aromatic nitrogens is 5. The predicted octanol–water partition coefficient (Wildman–Crippen LogP) is 0.0754. The lowest BCUT2D eigenvalue weighted by Gasteiger charge is -2.32. The fourth-order valence-electron chi connectivity index (χ4n) is 2.67. The first kappa shape index (κ1) is 16.3. The lowest BCUT2D eigenvalue weighted by atomic mass is 10.2. The maximum Gasteiger partial charge on any atom is 0.246 e. The fraction of sp³-hybridized carbons (Fsp3) is 0.533. The molecule has 1 aliphatic rings. The van der Waals surface area contributed by atoms with E-state index >= 15 is 0 Å². The summed E-state index contributed by atoms with van der Waals surface area (Å²) >= 11 is 0. The highest BCUT2D eigenvalue weighted by molar-refractivity contribution is 5.91. The molecule has 1 aliphatic heterocycles. The first-order chi connectivity index (χ1) is 11.5. The molecule has 3 rings (SSSR count). The highest BCUT2D eigenvalue weighted by Gasteiger charge is 2.19. The van der Waals surface area contributed by atoms with Crippen molar-refractivity contribution in [3.05, 3.63) is 24.0 Å². The second-order valence-electron chi connectivity index (χ2n) is 6.00. The summed E-state index contributed by atoms with van der Waals surface area (Å²) in [5, 5.41) is 6.80. The molecule has 1 fully saturated rings. The van der Waals surface area contributed by atoms with E-state index in [9.17, 15) is 4.79 Å². The molecule has 2 aromatic rings. The quantitative estimate of drug-likeness (QED) is 0.848. The molecule has 0 aromatic carbocycles. The molecule has 0 spiro atoms. The maximum atomic E-state index is 12.1. The molecule has 3 heterocycles. The Balaban J connectivity index is 1.71. The van der Waals surface area contributed by atoms with Crippen molar-refractivity contribution >= 4 is 17.5 Å². The molecule has 1 saturated heterocycles. The summed E-state index contributed by atoms with van der Waals surface area (Å²) in [6.07, 6.45) is 2.91. The Morgan fingerprint density at radius 1 is 1.17 bits per heavy atom. The van der Waals surface area contributed by atoms with Crippen molar-refractivity contribution in [3.63, 3.8) is 0 Å². The van der Waals surface area contributed by atoms with Gasteiger partial charge in [0, 0.05) is 26.2 Å². The molecule has 128 valence electrons. The van der Waals surface area contributed by atoms with Crippen LogP contribution in [0.2, 0.25) is 0 Å². The molecule has 0 radical (unpaired) electrons. The zero-order chi connectivity index (χ0) is 17.1. The van der Waals surface area contributed by atoms with Gasteiger partial charge in [-0.25, -0.2) is 19.6 Å². The van der Waals surface area contributed by atoms with Gasteiger partial charge in [-0.3, -0.25) is 4.79 Å². The van der Waals surface area contributed by atoms with Crippen LogP contribution < -0.4 is 10.2 Å². The Kier molecular flexibility index (Phi) is 4.70. The molecule has 0 aliphatic carbocycles. The lowest BCUT2D eigenvalue weighted by molar-refractivity contribution is -0.116. The largest absolute Gasteiger partial charge is 0.338 e. The number of hydrogen-bond acceptors (Lipinski definition) is 7. The third kappa shape index (κ3) is 3.67. The summed E-state index contributed by atoms with van der Waals surface area (Å²) in [5.41, 5.74) is 2.20. The van der Waals surface area contributed by atoms with Gasteiger partial charge in [0.05, 0.1) is 17.1 Å². The van der Waals surface area contributed by atoms with Gasteiger partial charge in [-0.1, -0.05) is 0 Å². The van der Waals surface area contributed by atoms with Gasteiger partial charge in [0.25, 0.3) is 0 Å². The van der Waals surface area contributed by atoms with E-state index < -0.39 is 0 Å². The molecular formula is C15H22N8O. The zero-order valence-electron chi connectivity index (χ0n) is 14.2. The number of hydrogen-bond donors (Lipinski definition) is 1. The SMILES string of the molecule is Cc1nc(N2CCN(C)CC2)nc(C)c1NC(=O)Cn1cncn1. The minimum Gasteiger partial charge on any atom is -0.338 e. The molecule has 24 heavy (non-hydrogen) atoms. The fourth-order valence-corrected chi connectivity index (χ4v) is 2.67. The number of carbonyl (C=O) groups excluding carboxylic acids is 1. The van der Waals surface area contributed by atoms with Gasteiger partial charge in [0.2, 0.25) is 11.9 Å². The average molecular weight is 330 g/mol. The topological polar surface area (TPSA) is 92.1 Å². The van der Waals surface area contributed by atoms with E-state index in [0.29, 0.717) is 5.69 Å². The van der Waals surface area contributed by atoms with Crippen molar-refractivity contribution in [1.82, 2.24) is 29.6 Å². The molecule has 2 aromatic heterocycles. The van der Waals surface area contributed by atoms with Crippen molar-refractivity contribution in [3.8, 4) is 0 Å². The van der Waals surface area contributed by atoms with Crippen LogP contribution in [-0.2, 0) is 11.3 Å². The van der Waals surface area contributed by atoms with E-state index in [2.05, 4.69) is 42.2 Å². The molecule has 1 N–H and O–H groups in total. The smallest absolute Gasteiger partial charge is 0.246 e. The van der Waals surface area contributed by atoms with E-state index in [1.54, 1.807) is 0 Å². The molecular weight excluding hydrogens is 308 g/mol. The van der Waals surface area contributed by atoms with Crippen molar-refractivity contribution < 1.29 is 4.79 Å². The number of likely N-dealkylation sites (N-methyl/N-ethyl adjacent to an activating group) is 1. The number of nitrogens with zero attached hydrogens (tertiary/aromatic N) is 7. The highest BCUT2D eigenvalue weighted by Crippen LogP contribution is 2.21. The van der Waals surface area contributed by atoms with Crippen LogP contribution in [0, 0.1) is 13.8 Å². The molecule has 0 atom stereocenters. The number of piperazine rings is 1. The predicted molar refractivity (Wildman–Crippen MR) is 89.9 cm³/mol. The minimum atomic E-state index is -0.178. The van der Waals surface area contributed by atoms with E-state index in [1.165, 1.54) is 17.3 Å². The number of anilines is 2. The summed E-state index contributed by atoms with van der Waals surface area (Å²) in [6, 6.07) is 0. The lowest BCUT2D eigenvalue weighted by Crippen LogP contribution is -2.45. The Bertz CT molecular complexity index is 683. The monoisotopic (exact) mass is 330 g/mol. The molecule has 0 bridgehead atoms. The van der Waals surface area contributed by atoms with Gasteiger partial charge in [0.15, 0.2) is 0 Å². The Morgan fingerprint density at radius 2 is 1.83 bits per heavy atom. The number of aryl methyl sites for hydroxylation is 2. The standard InChI is InChI=1S/C15H22N8O/c1-11-14(20-13(24)8-23-10-16-9-17-23)12(2)19-15(18-11)22-6-4-21(3)5-7-22/h9-10H,4-8H2,1-3H3,(H,20,24). The number of rotatable bonds is 4. The number of nitrogens with one attached hydrogen (secondary N) is 1. The van der Waals surface area contributed by atoms with Gasteiger partial charge in [0.1, 0.15) is 19.2 Å². The van der Waals surface area contributed by atoms with Crippen LogP contribution in [-0.4, -0.2) is 68.8 Å². The van der Waals surface area contributed by atoms with Crippen LogP contribution in [0.5, 0.6) is 0 Å². The summed E-state index contributed by atoms with van der Waals surface area (Å²) < 4.78 is 1.47. The Hall–Kier alpha value is -2.55. The summed E-state index contributed by atoms with van der Waals surface area (Å²) in [6.45, 7) is 7.70. The third-order valence-corrected chi connectivity index (χ3v) is 4.08. The van der Waals surface area contributed by atoms with Gasteiger partial charge >= 0.3 is 0 Å². The zero-order valence-corrected chi connectivity index (χ0v) is 14.2. The Morgan fingerprint density at radius 3 is 2.42 bits per heavy atom. The van der Waals surface area contributed by atoms with E-state index in [0.717, 1.165) is 43.5 Å². The molecule has 9 nitrogen and oxygen atoms in total. The Labute approximate surface area is 140 Å². The van der Waals surface area contributed by atoms with Crippen LogP contribution in [0.1, 0.15) is 11.4 Å². The van der Waals surface area contributed by atoms with Crippen LogP contribution in [0.15, 0.2) is 12.7 Å².